The van der Waals surface area contributed by atoms with Gasteiger partial charge in [0.1, 0.15) is 0 Å². The number of hydrogen-bond donors (Lipinski definition) is 0. The number of hydrogen-bond acceptors (Lipinski definition) is 6. The van der Waals surface area contributed by atoms with E-state index in [1.54, 1.807) is 17.0 Å². The molecule has 1 amide bonds. The highest BCUT2D eigenvalue weighted by Gasteiger charge is 2.20. The maximum Gasteiger partial charge on any atom is 0.374 e. The number of rotatable bonds is 4. The zero-order chi connectivity index (χ0) is 19.3. The summed E-state index contributed by atoms with van der Waals surface area (Å²) in [5.74, 6) is -0.182. The summed E-state index contributed by atoms with van der Waals surface area (Å²) in [6.45, 7) is 1.22. The van der Waals surface area contributed by atoms with Gasteiger partial charge in [-0.1, -0.05) is 31.4 Å². The Morgan fingerprint density at radius 1 is 1.04 bits per heavy atom. The molecule has 1 aliphatic heterocycles. The van der Waals surface area contributed by atoms with Gasteiger partial charge in [0.15, 0.2) is 17.4 Å². The largest absolute Gasteiger partial charge is 0.450 e. The number of carbonyl (C=O) groups is 2. The summed E-state index contributed by atoms with van der Waals surface area (Å²) in [7, 11) is 0. The molecule has 146 valence electrons. The molecule has 4 rings (SSSR count). The Morgan fingerprint density at radius 3 is 2.57 bits per heavy atom. The minimum Gasteiger partial charge on any atom is -0.450 e. The summed E-state index contributed by atoms with van der Waals surface area (Å²) in [5, 5.41) is 0.706. The summed E-state index contributed by atoms with van der Waals surface area (Å²) in [6.07, 6.45) is 5.52. The lowest BCUT2D eigenvalue weighted by Crippen LogP contribution is -2.36. The SMILES string of the molecule is O=C(OCC(=O)N1CCCCCCC1)c1ccc(-c2nc3ccccc3s2)o1. The minimum atomic E-state index is -0.632. The van der Waals surface area contributed by atoms with Gasteiger partial charge >= 0.3 is 5.97 Å². The van der Waals surface area contributed by atoms with Crippen LogP contribution in [-0.4, -0.2) is 41.5 Å². The van der Waals surface area contributed by atoms with Crippen molar-refractivity contribution in [2.45, 2.75) is 32.1 Å². The Kier molecular flexibility index (Phi) is 5.71. The van der Waals surface area contributed by atoms with Gasteiger partial charge in [-0.05, 0) is 37.1 Å². The molecule has 0 spiro atoms. The fraction of sp³-hybridized carbons (Fsp3) is 0.381. The van der Waals surface area contributed by atoms with E-state index in [1.807, 2.05) is 24.3 Å². The monoisotopic (exact) mass is 398 g/mol. The number of nitrogens with zero attached hydrogens (tertiary/aromatic N) is 2. The standard InChI is InChI=1S/C21H22N2O4S/c24-19(23-12-6-2-1-3-7-13-23)14-26-21(25)17-11-10-16(27-17)20-22-15-8-4-5-9-18(15)28-20/h4-5,8-11H,1-3,6-7,12-14H2. The quantitative estimate of drug-likeness (QED) is 0.605. The number of esters is 1. The lowest BCUT2D eigenvalue weighted by molar-refractivity contribution is -0.134. The van der Waals surface area contributed by atoms with Crippen molar-refractivity contribution in [1.29, 1.82) is 0 Å². The predicted molar refractivity (Wildman–Crippen MR) is 107 cm³/mol. The Bertz CT molecular complexity index is 937. The number of thiazole rings is 1. The molecule has 0 atom stereocenters. The number of aromatic nitrogens is 1. The molecule has 0 unspecified atom stereocenters. The molecule has 0 saturated carbocycles. The highest BCUT2D eigenvalue weighted by atomic mass is 32.1. The summed E-state index contributed by atoms with van der Waals surface area (Å²) in [4.78, 5) is 30.9. The second kappa shape index (κ2) is 8.56. The van der Waals surface area contributed by atoms with E-state index in [4.69, 9.17) is 9.15 Å². The first-order valence-corrected chi connectivity index (χ1v) is 10.4. The molecule has 0 radical (unpaired) electrons. The topological polar surface area (TPSA) is 72.6 Å². The van der Waals surface area contributed by atoms with Crippen molar-refractivity contribution in [3.8, 4) is 10.8 Å². The fourth-order valence-corrected chi connectivity index (χ4v) is 4.25. The van der Waals surface area contributed by atoms with Crippen molar-refractivity contribution in [2.24, 2.45) is 0 Å². The normalized spacial score (nSPS) is 15.2. The van der Waals surface area contributed by atoms with E-state index >= 15 is 0 Å². The number of furan rings is 1. The van der Waals surface area contributed by atoms with Crippen LogP contribution in [-0.2, 0) is 9.53 Å². The molecule has 2 aromatic heterocycles. The second-order valence-corrected chi connectivity index (χ2v) is 7.91. The zero-order valence-corrected chi connectivity index (χ0v) is 16.4. The first kappa shape index (κ1) is 18.7. The van der Waals surface area contributed by atoms with Gasteiger partial charge in [0.2, 0.25) is 5.76 Å². The number of benzene rings is 1. The van der Waals surface area contributed by atoms with Gasteiger partial charge in [-0.25, -0.2) is 9.78 Å². The number of ether oxygens (including phenoxy) is 1. The van der Waals surface area contributed by atoms with Gasteiger partial charge in [0.25, 0.3) is 5.91 Å². The van der Waals surface area contributed by atoms with Crippen LogP contribution in [0.2, 0.25) is 0 Å². The Labute approximate surface area is 167 Å². The molecule has 1 aromatic carbocycles. The average molecular weight is 398 g/mol. The van der Waals surface area contributed by atoms with Crippen LogP contribution >= 0.6 is 11.3 Å². The van der Waals surface area contributed by atoms with E-state index in [0.717, 1.165) is 49.0 Å². The molecular formula is C21H22N2O4S. The van der Waals surface area contributed by atoms with Crippen molar-refractivity contribution in [3.63, 3.8) is 0 Å². The first-order valence-electron chi connectivity index (χ1n) is 9.61. The van der Waals surface area contributed by atoms with E-state index in [-0.39, 0.29) is 18.3 Å². The van der Waals surface area contributed by atoms with Gasteiger partial charge in [0, 0.05) is 13.1 Å². The maximum absolute atomic E-state index is 12.3. The third kappa shape index (κ3) is 4.25. The van der Waals surface area contributed by atoms with Gasteiger partial charge in [0.05, 0.1) is 10.2 Å². The molecule has 7 heteroatoms. The molecule has 0 N–H and O–H groups in total. The van der Waals surface area contributed by atoms with Crippen LogP contribution in [0.25, 0.3) is 21.0 Å². The predicted octanol–water partition coefficient (Wildman–Crippen LogP) is 4.51. The number of amides is 1. The number of likely N-dealkylation sites (tertiary alicyclic amines) is 1. The average Bonchev–Trinajstić information content (AvgIpc) is 3.32. The number of carbonyl (C=O) groups excluding carboxylic acids is 2. The Hall–Kier alpha value is -2.67. The van der Waals surface area contributed by atoms with Crippen LogP contribution in [0.5, 0.6) is 0 Å². The smallest absolute Gasteiger partial charge is 0.374 e. The third-order valence-corrected chi connectivity index (χ3v) is 5.90. The van der Waals surface area contributed by atoms with E-state index < -0.39 is 5.97 Å². The van der Waals surface area contributed by atoms with E-state index in [9.17, 15) is 9.59 Å². The van der Waals surface area contributed by atoms with Gasteiger partial charge in [-0.2, -0.15) is 0 Å². The van der Waals surface area contributed by atoms with Crippen molar-refractivity contribution in [1.82, 2.24) is 9.88 Å². The van der Waals surface area contributed by atoms with Gasteiger partial charge in [-0.3, -0.25) is 4.79 Å². The van der Waals surface area contributed by atoms with E-state index in [0.29, 0.717) is 10.8 Å². The molecule has 1 aliphatic rings. The molecule has 0 bridgehead atoms. The number of fused-ring (bicyclic) bond motifs is 1. The molecule has 1 fully saturated rings. The van der Waals surface area contributed by atoms with Crippen LogP contribution in [0.4, 0.5) is 0 Å². The lowest BCUT2D eigenvalue weighted by atomic mass is 10.1. The zero-order valence-electron chi connectivity index (χ0n) is 15.6. The molecule has 28 heavy (non-hydrogen) atoms. The molecule has 3 aromatic rings. The fourth-order valence-electron chi connectivity index (χ4n) is 3.33. The minimum absolute atomic E-state index is 0.0784. The Morgan fingerprint density at radius 2 is 1.79 bits per heavy atom. The Balaban J connectivity index is 1.37. The van der Waals surface area contributed by atoms with Crippen LogP contribution in [0.1, 0.15) is 42.7 Å². The van der Waals surface area contributed by atoms with Crippen molar-refractivity contribution in [2.75, 3.05) is 19.7 Å². The van der Waals surface area contributed by atoms with Gasteiger partial charge < -0.3 is 14.1 Å². The lowest BCUT2D eigenvalue weighted by Gasteiger charge is -2.24. The molecular weight excluding hydrogens is 376 g/mol. The van der Waals surface area contributed by atoms with Crippen molar-refractivity contribution >= 4 is 33.4 Å². The summed E-state index contributed by atoms with van der Waals surface area (Å²) >= 11 is 1.50. The summed E-state index contributed by atoms with van der Waals surface area (Å²) in [6, 6.07) is 11.1. The van der Waals surface area contributed by atoms with Gasteiger partial charge in [-0.15, -0.1) is 11.3 Å². The summed E-state index contributed by atoms with van der Waals surface area (Å²) < 4.78 is 11.9. The van der Waals surface area contributed by atoms with Crippen molar-refractivity contribution in [3.05, 3.63) is 42.2 Å². The second-order valence-electron chi connectivity index (χ2n) is 6.88. The summed E-state index contributed by atoms with van der Waals surface area (Å²) in [5.41, 5.74) is 0.891. The molecule has 0 aliphatic carbocycles. The molecule has 1 saturated heterocycles. The van der Waals surface area contributed by atoms with Crippen LogP contribution in [0.15, 0.2) is 40.8 Å². The highest BCUT2D eigenvalue weighted by molar-refractivity contribution is 7.21. The van der Waals surface area contributed by atoms with Crippen LogP contribution in [0, 0.1) is 0 Å². The van der Waals surface area contributed by atoms with E-state index in [2.05, 4.69) is 4.98 Å². The highest BCUT2D eigenvalue weighted by Crippen LogP contribution is 2.31. The van der Waals surface area contributed by atoms with Crippen LogP contribution in [0.3, 0.4) is 0 Å². The third-order valence-electron chi connectivity index (χ3n) is 4.85. The number of para-hydroxylation sites is 1. The first-order chi connectivity index (χ1) is 13.7. The van der Waals surface area contributed by atoms with Crippen LogP contribution < -0.4 is 0 Å². The maximum atomic E-state index is 12.3. The van der Waals surface area contributed by atoms with Crippen molar-refractivity contribution < 1.29 is 18.7 Å². The van der Waals surface area contributed by atoms with E-state index in [1.165, 1.54) is 17.8 Å². The molecule has 3 heterocycles. The molecule has 6 nitrogen and oxygen atoms in total.